The Morgan fingerprint density at radius 1 is 0.596 bits per heavy atom. The van der Waals surface area contributed by atoms with Crippen LogP contribution in [0.1, 0.15) is 136 Å². The summed E-state index contributed by atoms with van der Waals surface area (Å²) in [5, 5.41) is 11.6. The van der Waals surface area contributed by atoms with Crippen LogP contribution < -0.4 is 5.11 Å². The van der Waals surface area contributed by atoms with E-state index in [1.54, 1.807) is 21.1 Å². The molecule has 0 aliphatic heterocycles. The van der Waals surface area contributed by atoms with Gasteiger partial charge in [0.05, 0.1) is 40.3 Å². The quantitative estimate of drug-likeness (QED) is 0.0282. The Bertz CT molecular complexity index is 1080. The highest BCUT2D eigenvalue weighted by Crippen LogP contribution is 2.12. The molecule has 2 atom stereocenters. The van der Waals surface area contributed by atoms with Gasteiger partial charge in [0.1, 0.15) is 12.6 Å². The van der Waals surface area contributed by atoms with E-state index >= 15 is 0 Å². The lowest BCUT2D eigenvalue weighted by Gasteiger charge is -2.34. The number of carboxylic acid groups (broad SMARTS) is 1. The predicted molar refractivity (Wildman–Crippen MR) is 212 cm³/mol. The number of carboxylic acids is 1. The van der Waals surface area contributed by atoms with Crippen molar-refractivity contribution < 1.29 is 38.2 Å². The second-order valence-corrected chi connectivity index (χ2v) is 14.1. The molecule has 0 saturated heterocycles. The molecule has 0 fully saturated rings. The van der Waals surface area contributed by atoms with Gasteiger partial charge in [0, 0.05) is 19.3 Å². The maximum atomic E-state index is 12.6. The lowest BCUT2D eigenvalue weighted by Crippen LogP contribution is -2.55. The second-order valence-electron chi connectivity index (χ2n) is 14.1. The Labute approximate surface area is 317 Å². The van der Waals surface area contributed by atoms with Gasteiger partial charge >= 0.3 is 11.9 Å². The van der Waals surface area contributed by atoms with Gasteiger partial charge in [-0.2, -0.15) is 0 Å². The van der Waals surface area contributed by atoms with Crippen LogP contribution in [0.3, 0.4) is 0 Å². The molecule has 0 aliphatic carbocycles. The van der Waals surface area contributed by atoms with Crippen molar-refractivity contribution in [2.45, 2.75) is 148 Å². The number of nitrogens with zero attached hydrogens (tertiary/aromatic N) is 1. The number of ether oxygens (including phenoxy) is 3. The van der Waals surface area contributed by atoms with Gasteiger partial charge < -0.3 is 28.6 Å². The molecule has 0 bridgehead atoms. The van der Waals surface area contributed by atoms with Gasteiger partial charge in [-0.05, 0) is 51.4 Å². The molecule has 0 aromatic rings. The number of quaternary nitrogens is 1. The highest BCUT2D eigenvalue weighted by molar-refractivity contribution is 5.70. The van der Waals surface area contributed by atoms with Crippen LogP contribution in [0.25, 0.3) is 0 Å². The number of hydrogen-bond acceptors (Lipinski definition) is 7. The molecular formula is C44H73NO7. The number of carbonyl (C=O) groups excluding carboxylic acids is 3. The lowest BCUT2D eigenvalue weighted by molar-refractivity contribution is -0.889. The Hall–Kier alpha value is -3.23. The van der Waals surface area contributed by atoms with Crippen LogP contribution in [0.5, 0.6) is 0 Å². The summed E-state index contributed by atoms with van der Waals surface area (Å²) in [6.45, 7) is 4.42. The van der Waals surface area contributed by atoms with E-state index in [2.05, 4.69) is 74.6 Å². The third-order valence-electron chi connectivity index (χ3n) is 8.37. The van der Waals surface area contributed by atoms with Gasteiger partial charge in [-0.3, -0.25) is 9.59 Å². The predicted octanol–water partition coefficient (Wildman–Crippen LogP) is 9.07. The van der Waals surface area contributed by atoms with Crippen molar-refractivity contribution in [3.8, 4) is 0 Å². The fraction of sp³-hybridized carbons (Fsp3) is 0.659. The largest absolute Gasteiger partial charge is 0.544 e. The standard InChI is InChI=1S/C44H73NO7/c1-6-8-10-12-14-16-17-18-19-20-21-22-23-24-25-27-28-30-32-34-42(46)51-39-40(38-50-37-36-41(44(48)49)45(3,4)5)52-43(47)35-33-31-29-26-15-13-11-9-7-2/h8,10,14,16,18-19,21-22,24-25,28,30,40-41H,6-7,9,11-13,15,17,20,23,26-27,29,31-39H2,1-5H3/b10-8+,16-14+,19-18+,22-21+,25-24+,30-28+. The van der Waals surface area contributed by atoms with Crippen molar-refractivity contribution in [1.82, 2.24) is 0 Å². The number of carbonyl (C=O) groups is 3. The molecule has 296 valence electrons. The van der Waals surface area contributed by atoms with Crippen molar-refractivity contribution in [2.24, 2.45) is 0 Å². The van der Waals surface area contributed by atoms with Gasteiger partial charge in [-0.15, -0.1) is 0 Å². The zero-order valence-corrected chi connectivity index (χ0v) is 33.4. The number of allylic oxidation sites excluding steroid dienone is 12. The summed E-state index contributed by atoms with van der Waals surface area (Å²) in [7, 11) is 5.37. The first-order chi connectivity index (χ1) is 25.1. The van der Waals surface area contributed by atoms with Gasteiger partial charge in [-0.25, -0.2) is 0 Å². The lowest BCUT2D eigenvalue weighted by atomic mass is 10.1. The molecule has 0 radical (unpaired) electrons. The SMILES string of the molecule is CC/C=C/C/C=C/C/C=C/C/C=C/C/C=C/C/C=C/CCC(=O)OCC(COCCC(C(=O)[O-])[N+](C)(C)C)OC(=O)CCCCCCCCCCC. The fourth-order valence-electron chi connectivity index (χ4n) is 5.27. The molecule has 0 amide bonds. The molecule has 2 unspecified atom stereocenters. The third kappa shape index (κ3) is 32.7. The molecule has 0 aliphatic rings. The number of rotatable bonds is 34. The molecule has 8 heteroatoms. The van der Waals surface area contributed by atoms with Crippen molar-refractivity contribution in [1.29, 1.82) is 0 Å². The molecule has 0 rings (SSSR count). The maximum Gasteiger partial charge on any atom is 0.306 e. The molecule has 0 aromatic carbocycles. The summed E-state index contributed by atoms with van der Waals surface area (Å²) in [6, 6.07) is -0.737. The Balaban J connectivity index is 4.48. The van der Waals surface area contributed by atoms with E-state index in [4.69, 9.17) is 14.2 Å². The highest BCUT2D eigenvalue weighted by Gasteiger charge is 2.25. The summed E-state index contributed by atoms with van der Waals surface area (Å²) < 4.78 is 17.0. The summed E-state index contributed by atoms with van der Waals surface area (Å²) in [4.78, 5) is 36.6. The molecule has 8 nitrogen and oxygen atoms in total. The van der Waals surface area contributed by atoms with Crippen LogP contribution in [0.15, 0.2) is 72.9 Å². The molecular weight excluding hydrogens is 654 g/mol. The molecule has 0 N–H and O–H groups in total. The van der Waals surface area contributed by atoms with Crippen LogP contribution in [0.2, 0.25) is 0 Å². The van der Waals surface area contributed by atoms with E-state index in [1.807, 2.05) is 12.2 Å². The molecule has 0 heterocycles. The third-order valence-corrected chi connectivity index (χ3v) is 8.37. The zero-order chi connectivity index (χ0) is 38.5. The smallest absolute Gasteiger partial charge is 0.306 e. The highest BCUT2D eigenvalue weighted by atomic mass is 16.6. The number of unbranched alkanes of at least 4 members (excludes halogenated alkanes) is 8. The molecule has 0 spiro atoms. The van der Waals surface area contributed by atoms with Crippen LogP contribution in [0.4, 0.5) is 0 Å². The summed E-state index contributed by atoms with van der Waals surface area (Å²) in [6.07, 6.45) is 42.3. The summed E-state index contributed by atoms with van der Waals surface area (Å²) >= 11 is 0. The van der Waals surface area contributed by atoms with Crippen molar-refractivity contribution >= 4 is 17.9 Å². The topological polar surface area (TPSA) is 102 Å². The first-order valence-electron chi connectivity index (χ1n) is 20.0. The van der Waals surface area contributed by atoms with Crippen LogP contribution in [0, 0.1) is 0 Å². The first kappa shape index (κ1) is 48.8. The van der Waals surface area contributed by atoms with E-state index in [1.165, 1.54) is 38.5 Å². The summed E-state index contributed by atoms with van der Waals surface area (Å²) in [5.74, 6) is -1.85. The average molecular weight is 728 g/mol. The second kappa shape index (κ2) is 34.8. The monoisotopic (exact) mass is 728 g/mol. The van der Waals surface area contributed by atoms with E-state index in [9.17, 15) is 19.5 Å². The van der Waals surface area contributed by atoms with Gasteiger partial charge in [0.25, 0.3) is 0 Å². The zero-order valence-electron chi connectivity index (χ0n) is 33.4. The molecule has 52 heavy (non-hydrogen) atoms. The van der Waals surface area contributed by atoms with Gasteiger partial charge in [-0.1, -0.05) is 138 Å². The Morgan fingerprint density at radius 2 is 1.08 bits per heavy atom. The van der Waals surface area contributed by atoms with Crippen LogP contribution in [-0.2, 0) is 28.6 Å². The van der Waals surface area contributed by atoms with E-state index in [-0.39, 0.29) is 49.1 Å². The van der Waals surface area contributed by atoms with E-state index in [0.29, 0.717) is 12.8 Å². The maximum absolute atomic E-state index is 12.6. The molecule has 0 saturated carbocycles. The number of esters is 2. The van der Waals surface area contributed by atoms with Crippen LogP contribution in [-0.4, -0.2) is 75.5 Å². The average Bonchev–Trinajstić information content (AvgIpc) is 3.09. The number of likely N-dealkylation sites (N-methyl/N-ethyl adjacent to an activating group) is 1. The van der Waals surface area contributed by atoms with Gasteiger partial charge in [0.15, 0.2) is 6.10 Å². The number of hydrogen-bond donors (Lipinski definition) is 0. The van der Waals surface area contributed by atoms with Crippen molar-refractivity contribution in [3.63, 3.8) is 0 Å². The fourth-order valence-corrected chi connectivity index (χ4v) is 5.27. The first-order valence-corrected chi connectivity index (χ1v) is 20.0. The van der Waals surface area contributed by atoms with E-state index in [0.717, 1.165) is 57.8 Å². The minimum atomic E-state index is -1.14. The Kier molecular flexibility index (Phi) is 32.7. The van der Waals surface area contributed by atoms with Crippen LogP contribution >= 0.6 is 0 Å². The van der Waals surface area contributed by atoms with Gasteiger partial charge in [0.2, 0.25) is 0 Å². The number of aliphatic carboxylic acids is 1. The van der Waals surface area contributed by atoms with Crippen molar-refractivity contribution in [2.75, 3.05) is 41.0 Å². The van der Waals surface area contributed by atoms with E-state index < -0.39 is 18.1 Å². The molecule has 0 aromatic heterocycles. The van der Waals surface area contributed by atoms with Crippen molar-refractivity contribution in [3.05, 3.63) is 72.9 Å². The normalized spacial score (nSPS) is 13.8. The minimum Gasteiger partial charge on any atom is -0.544 e. The minimum absolute atomic E-state index is 0.0147. The Morgan fingerprint density at radius 3 is 1.56 bits per heavy atom. The summed E-state index contributed by atoms with van der Waals surface area (Å²) in [5.41, 5.74) is 0.